The highest BCUT2D eigenvalue weighted by Gasteiger charge is 2.28. The largest absolute Gasteiger partial charge is 0.495 e. The van der Waals surface area contributed by atoms with Gasteiger partial charge in [0.1, 0.15) is 5.75 Å². The predicted octanol–water partition coefficient (Wildman–Crippen LogP) is 1.65. The molecule has 0 radical (unpaired) electrons. The number of hydrogen-bond acceptors (Lipinski definition) is 4. The van der Waals surface area contributed by atoms with Crippen LogP contribution in [0.25, 0.3) is 0 Å². The monoisotopic (exact) mass is 292 g/mol. The number of anilines is 1. The second-order valence-corrected chi connectivity index (χ2v) is 6.50. The molecule has 1 aromatic carbocycles. The molecule has 3 N–H and O–H groups in total. The van der Waals surface area contributed by atoms with E-state index < -0.39 is 6.10 Å². The fraction of sp³-hybridized carbons (Fsp3) is 0.562. The Labute approximate surface area is 125 Å². The van der Waals surface area contributed by atoms with Gasteiger partial charge in [-0.05, 0) is 29.5 Å². The molecule has 0 spiro atoms. The summed E-state index contributed by atoms with van der Waals surface area (Å²) in [6.07, 6.45) is -0.0174. The molecule has 1 fully saturated rings. The Kier molecular flexibility index (Phi) is 4.54. The van der Waals surface area contributed by atoms with Gasteiger partial charge in [0.2, 0.25) is 5.91 Å². The first-order valence-corrected chi connectivity index (χ1v) is 7.22. The number of ether oxygens (including phenoxy) is 1. The molecule has 1 aromatic rings. The van der Waals surface area contributed by atoms with E-state index in [2.05, 4.69) is 31.4 Å². The number of carbonyl (C=O) groups excluding carboxylic acids is 1. The molecule has 2 atom stereocenters. The molecule has 1 saturated heterocycles. The molecule has 116 valence electrons. The fourth-order valence-electron chi connectivity index (χ4n) is 2.41. The summed E-state index contributed by atoms with van der Waals surface area (Å²) in [6, 6.07) is 5.46. The minimum atomic E-state index is -0.455. The van der Waals surface area contributed by atoms with Gasteiger partial charge in [0.15, 0.2) is 0 Å². The van der Waals surface area contributed by atoms with E-state index in [1.165, 1.54) is 0 Å². The third-order valence-electron chi connectivity index (χ3n) is 3.75. The molecule has 0 aromatic heterocycles. The van der Waals surface area contributed by atoms with Gasteiger partial charge in [-0.15, -0.1) is 0 Å². The van der Waals surface area contributed by atoms with Gasteiger partial charge in [-0.2, -0.15) is 0 Å². The Morgan fingerprint density at radius 3 is 2.67 bits per heavy atom. The summed E-state index contributed by atoms with van der Waals surface area (Å²) in [4.78, 5) is 12.2. The van der Waals surface area contributed by atoms with Gasteiger partial charge in [0.05, 0.1) is 24.9 Å². The first kappa shape index (κ1) is 15.8. The summed E-state index contributed by atoms with van der Waals surface area (Å²) in [6.45, 7) is 6.82. The predicted molar refractivity (Wildman–Crippen MR) is 82.7 cm³/mol. The molecule has 1 amide bonds. The van der Waals surface area contributed by atoms with Crippen LogP contribution in [0.5, 0.6) is 5.75 Å². The van der Waals surface area contributed by atoms with E-state index >= 15 is 0 Å². The van der Waals surface area contributed by atoms with Crippen LogP contribution in [0.4, 0.5) is 5.69 Å². The Bertz CT molecular complexity index is 523. The number of nitrogens with one attached hydrogen (secondary N) is 2. The third-order valence-corrected chi connectivity index (χ3v) is 3.75. The number of methoxy groups -OCH3 is 1. The van der Waals surface area contributed by atoms with Gasteiger partial charge in [0, 0.05) is 6.54 Å². The highest BCUT2D eigenvalue weighted by atomic mass is 16.5. The van der Waals surface area contributed by atoms with Gasteiger partial charge >= 0.3 is 0 Å². The van der Waals surface area contributed by atoms with Crippen LogP contribution in [-0.4, -0.2) is 36.8 Å². The van der Waals surface area contributed by atoms with Crippen LogP contribution in [0.2, 0.25) is 0 Å². The number of aliphatic hydroxyl groups excluding tert-OH is 1. The molecule has 1 heterocycles. The quantitative estimate of drug-likeness (QED) is 0.792. The number of rotatable bonds is 3. The molecule has 0 bridgehead atoms. The lowest BCUT2D eigenvalue weighted by atomic mass is 9.87. The smallest absolute Gasteiger partial charge is 0.241 e. The van der Waals surface area contributed by atoms with Crippen LogP contribution in [0.15, 0.2) is 18.2 Å². The van der Waals surface area contributed by atoms with Crippen molar-refractivity contribution in [2.24, 2.45) is 0 Å². The molecule has 5 nitrogen and oxygen atoms in total. The van der Waals surface area contributed by atoms with Crippen LogP contribution in [0.3, 0.4) is 0 Å². The Balaban J connectivity index is 2.19. The van der Waals surface area contributed by atoms with Crippen molar-refractivity contribution in [2.45, 2.75) is 44.8 Å². The second kappa shape index (κ2) is 6.03. The zero-order chi connectivity index (χ0) is 15.6. The average molecular weight is 292 g/mol. The lowest BCUT2D eigenvalue weighted by Crippen LogP contribution is -2.35. The molecule has 1 aliphatic heterocycles. The summed E-state index contributed by atoms with van der Waals surface area (Å²) in [5, 5.41) is 15.4. The third kappa shape index (κ3) is 3.74. The first-order chi connectivity index (χ1) is 9.81. The van der Waals surface area contributed by atoms with E-state index in [-0.39, 0.29) is 17.4 Å². The first-order valence-electron chi connectivity index (χ1n) is 7.22. The van der Waals surface area contributed by atoms with Crippen molar-refractivity contribution in [3.8, 4) is 5.75 Å². The van der Waals surface area contributed by atoms with Gasteiger partial charge in [-0.25, -0.2) is 0 Å². The van der Waals surface area contributed by atoms with Crippen molar-refractivity contribution in [1.29, 1.82) is 0 Å². The number of carbonyl (C=O) groups is 1. The average Bonchev–Trinajstić information content (AvgIpc) is 2.84. The van der Waals surface area contributed by atoms with Crippen molar-refractivity contribution in [3.63, 3.8) is 0 Å². The highest BCUT2D eigenvalue weighted by Crippen LogP contribution is 2.31. The fourth-order valence-corrected chi connectivity index (χ4v) is 2.41. The van der Waals surface area contributed by atoms with E-state index in [1.807, 2.05) is 18.2 Å². The molecule has 0 aliphatic carbocycles. The Hall–Kier alpha value is -1.59. The molecule has 5 heteroatoms. The summed E-state index contributed by atoms with van der Waals surface area (Å²) < 4.78 is 5.31. The lowest BCUT2D eigenvalue weighted by molar-refractivity contribution is -0.117. The maximum atomic E-state index is 12.2. The van der Waals surface area contributed by atoms with Gasteiger partial charge in [-0.3, -0.25) is 4.79 Å². The molecule has 2 rings (SSSR count). The number of hydrogen-bond donors (Lipinski definition) is 3. The minimum absolute atomic E-state index is 0.00640. The minimum Gasteiger partial charge on any atom is -0.495 e. The number of β-amino-alcohol motifs (C(OH)–C–C–N with tert-alkyl or cyclic N) is 1. The van der Waals surface area contributed by atoms with E-state index in [4.69, 9.17) is 4.74 Å². The van der Waals surface area contributed by atoms with Crippen LogP contribution in [-0.2, 0) is 10.2 Å². The molecule has 1 aliphatic rings. The van der Waals surface area contributed by atoms with Crippen LogP contribution in [0.1, 0.15) is 32.8 Å². The topological polar surface area (TPSA) is 70.6 Å². The lowest BCUT2D eigenvalue weighted by Gasteiger charge is -2.21. The highest BCUT2D eigenvalue weighted by molar-refractivity contribution is 5.96. The van der Waals surface area contributed by atoms with Crippen molar-refractivity contribution >= 4 is 11.6 Å². The van der Waals surface area contributed by atoms with Crippen molar-refractivity contribution < 1.29 is 14.6 Å². The zero-order valence-corrected chi connectivity index (χ0v) is 13.1. The summed E-state index contributed by atoms with van der Waals surface area (Å²) >= 11 is 0. The Morgan fingerprint density at radius 2 is 2.14 bits per heavy atom. The summed E-state index contributed by atoms with van der Waals surface area (Å²) in [5.74, 6) is 0.491. The van der Waals surface area contributed by atoms with E-state index in [0.717, 1.165) is 5.56 Å². The van der Waals surface area contributed by atoms with E-state index in [0.29, 0.717) is 24.4 Å². The molecule has 21 heavy (non-hydrogen) atoms. The van der Waals surface area contributed by atoms with E-state index in [9.17, 15) is 9.90 Å². The van der Waals surface area contributed by atoms with E-state index in [1.54, 1.807) is 7.11 Å². The van der Waals surface area contributed by atoms with Crippen LogP contribution in [0, 0.1) is 0 Å². The van der Waals surface area contributed by atoms with Crippen molar-refractivity contribution in [1.82, 2.24) is 5.32 Å². The number of benzene rings is 1. The SMILES string of the molecule is COc1ccc(C(C)(C)C)cc1NC(=O)C1CC(O)CN1. The summed E-state index contributed by atoms with van der Waals surface area (Å²) in [5.41, 5.74) is 1.78. The zero-order valence-electron chi connectivity index (χ0n) is 13.1. The molecule has 0 saturated carbocycles. The van der Waals surface area contributed by atoms with Crippen molar-refractivity contribution in [2.75, 3.05) is 19.0 Å². The van der Waals surface area contributed by atoms with Crippen LogP contribution >= 0.6 is 0 Å². The maximum absolute atomic E-state index is 12.2. The molecular formula is C16H24N2O3. The number of aliphatic hydroxyl groups is 1. The van der Waals surface area contributed by atoms with Gasteiger partial charge in [0.25, 0.3) is 0 Å². The number of amides is 1. The van der Waals surface area contributed by atoms with Gasteiger partial charge in [-0.1, -0.05) is 26.8 Å². The Morgan fingerprint density at radius 1 is 1.43 bits per heavy atom. The summed E-state index contributed by atoms with van der Waals surface area (Å²) in [7, 11) is 1.58. The van der Waals surface area contributed by atoms with Crippen molar-refractivity contribution in [3.05, 3.63) is 23.8 Å². The normalized spacial score (nSPS) is 22.1. The molecular weight excluding hydrogens is 268 g/mol. The van der Waals surface area contributed by atoms with Crippen LogP contribution < -0.4 is 15.4 Å². The van der Waals surface area contributed by atoms with Gasteiger partial charge < -0.3 is 20.5 Å². The standard InChI is InChI=1S/C16H24N2O3/c1-16(2,3)10-5-6-14(21-4)12(7-10)18-15(20)13-8-11(19)9-17-13/h5-7,11,13,17,19H,8-9H2,1-4H3,(H,18,20). The molecule has 2 unspecified atom stereocenters. The second-order valence-electron chi connectivity index (χ2n) is 6.50. The maximum Gasteiger partial charge on any atom is 0.241 e.